The van der Waals surface area contributed by atoms with Gasteiger partial charge >= 0.3 is 0 Å². The third kappa shape index (κ3) is 3.59. The number of carbonyl (C=O) groups excluding carboxylic acids is 3. The summed E-state index contributed by atoms with van der Waals surface area (Å²) in [4.78, 5) is 41.0. The van der Waals surface area contributed by atoms with Crippen LogP contribution >= 0.6 is 0 Å². The molecule has 1 aromatic heterocycles. The van der Waals surface area contributed by atoms with Gasteiger partial charge in [0, 0.05) is 41.3 Å². The number of hydrazine groups is 1. The van der Waals surface area contributed by atoms with Gasteiger partial charge in [-0.1, -0.05) is 18.2 Å². The van der Waals surface area contributed by atoms with E-state index in [0.717, 1.165) is 28.6 Å². The summed E-state index contributed by atoms with van der Waals surface area (Å²) < 4.78 is 0. The summed E-state index contributed by atoms with van der Waals surface area (Å²) in [7, 11) is 0. The number of rotatable bonds is 4. The molecule has 4 rings (SSSR count). The molecule has 3 N–H and O–H groups in total. The van der Waals surface area contributed by atoms with Gasteiger partial charge in [0.25, 0.3) is 5.91 Å². The second kappa shape index (κ2) is 7.56. The van der Waals surface area contributed by atoms with Crippen molar-refractivity contribution in [3.05, 3.63) is 65.9 Å². The van der Waals surface area contributed by atoms with Gasteiger partial charge in [-0.3, -0.25) is 25.2 Å². The third-order valence-corrected chi connectivity index (χ3v) is 4.86. The summed E-state index contributed by atoms with van der Waals surface area (Å²) in [5.74, 6) is -0.620. The van der Waals surface area contributed by atoms with Gasteiger partial charge in [-0.25, -0.2) is 0 Å². The molecule has 0 bridgehead atoms. The monoisotopic (exact) mass is 376 g/mol. The fraction of sp³-hybridized carbons (Fsp3) is 0.190. The van der Waals surface area contributed by atoms with Gasteiger partial charge in [-0.05, 0) is 42.3 Å². The Hall–Kier alpha value is -3.61. The molecule has 7 nitrogen and oxygen atoms in total. The van der Waals surface area contributed by atoms with E-state index in [1.165, 1.54) is 0 Å². The zero-order valence-corrected chi connectivity index (χ0v) is 15.2. The van der Waals surface area contributed by atoms with Crippen LogP contribution in [-0.2, 0) is 16.0 Å². The number of H-pyrrole nitrogens is 1. The number of anilines is 1. The minimum Gasteiger partial charge on any atom is -0.361 e. The number of nitrogens with one attached hydrogen (secondary N) is 3. The molecule has 7 heteroatoms. The van der Waals surface area contributed by atoms with Crippen LogP contribution in [0.3, 0.4) is 0 Å². The third-order valence-electron chi connectivity index (χ3n) is 4.86. The highest BCUT2D eigenvalue weighted by Crippen LogP contribution is 2.21. The van der Waals surface area contributed by atoms with E-state index in [1.807, 2.05) is 24.3 Å². The van der Waals surface area contributed by atoms with Crippen molar-refractivity contribution < 1.29 is 14.4 Å². The molecule has 1 fully saturated rings. The highest BCUT2D eigenvalue weighted by molar-refractivity contribution is 5.98. The lowest BCUT2D eigenvalue weighted by atomic mass is 10.1. The van der Waals surface area contributed by atoms with Crippen LogP contribution in [0.2, 0.25) is 0 Å². The SMILES string of the molecule is O=C(Cc1c[nH]c2ccccc12)NNC(=O)c1ccc(N2CCCC2=O)cc1. The van der Waals surface area contributed by atoms with Crippen LogP contribution in [0.5, 0.6) is 0 Å². The van der Waals surface area contributed by atoms with Crippen molar-refractivity contribution >= 4 is 34.3 Å². The number of aromatic amines is 1. The Labute approximate surface area is 161 Å². The zero-order chi connectivity index (χ0) is 19.5. The molecular weight excluding hydrogens is 356 g/mol. The molecule has 1 aliphatic rings. The Morgan fingerprint density at radius 2 is 1.82 bits per heavy atom. The lowest BCUT2D eigenvalue weighted by molar-refractivity contribution is -0.121. The van der Waals surface area contributed by atoms with Crippen LogP contribution in [0, 0.1) is 0 Å². The van der Waals surface area contributed by atoms with Crippen molar-refractivity contribution in [2.24, 2.45) is 0 Å². The Morgan fingerprint density at radius 3 is 2.57 bits per heavy atom. The number of nitrogens with zero attached hydrogens (tertiary/aromatic N) is 1. The van der Waals surface area contributed by atoms with Crippen molar-refractivity contribution in [2.45, 2.75) is 19.3 Å². The van der Waals surface area contributed by atoms with Crippen LogP contribution in [0.25, 0.3) is 10.9 Å². The van der Waals surface area contributed by atoms with Crippen LogP contribution in [-0.4, -0.2) is 29.3 Å². The topological polar surface area (TPSA) is 94.3 Å². The summed E-state index contributed by atoms with van der Waals surface area (Å²) in [5.41, 5.74) is 7.88. The highest BCUT2D eigenvalue weighted by atomic mass is 16.2. The van der Waals surface area contributed by atoms with Gasteiger partial charge in [0.05, 0.1) is 6.42 Å². The van der Waals surface area contributed by atoms with E-state index >= 15 is 0 Å². The molecule has 0 atom stereocenters. The van der Waals surface area contributed by atoms with E-state index in [2.05, 4.69) is 15.8 Å². The molecule has 1 saturated heterocycles. The van der Waals surface area contributed by atoms with E-state index in [-0.39, 0.29) is 18.2 Å². The number of amides is 3. The fourth-order valence-electron chi connectivity index (χ4n) is 3.41. The second-order valence-corrected chi connectivity index (χ2v) is 6.73. The molecule has 3 amide bonds. The first-order valence-corrected chi connectivity index (χ1v) is 9.16. The molecule has 0 aliphatic carbocycles. The summed E-state index contributed by atoms with van der Waals surface area (Å²) >= 11 is 0. The Balaban J connectivity index is 1.33. The number of aromatic nitrogens is 1. The van der Waals surface area contributed by atoms with Crippen LogP contribution in [0.4, 0.5) is 5.69 Å². The van der Waals surface area contributed by atoms with Gasteiger partial charge < -0.3 is 9.88 Å². The molecule has 0 saturated carbocycles. The minimum absolute atomic E-state index is 0.0988. The Kier molecular flexibility index (Phi) is 4.80. The van der Waals surface area contributed by atoms with E-state index in [0.29, 0.717) is 18.5 Å². The first kappa shape index (κ1) is 17.8. The van der Waals surface area contributed by atoms with E-state index < -0.39 is 5.91 Å². The molecule has 0 radical (unpaired) electrons. The fourth-order valence-corrected chi connectivity index (χ4v) is 3.41. The Bertz CT molecular complexity index is 1040. The van der Waals surface area contributed by atoms with Crippen LogP contribution in [0.1, 0.15) is 28.8 Å². The van der Waals surface area contributed by atoms with Crippen LogP contribution in [0.15, 0.2) is 54.7 Å². The van der Waals surface area contributed by atoms with Gasteiger partial charge in [0.1, 0.15) is 0 Å². The molecule has 0 unspecified atom stereocenters. The van der Waals surface area contributed by atoms with Crippen molar-refractivity contribution in [2.75, 3.05) is 11.4 Å². The molecule has 1 aliphatic heterocycles. The van der Waals surface area contributed by atoms with Gasteiger partial charge in [-0.15, -0.1) is 0 Å². The van der Waals surface area contributed by atoms with Crippen molar-refractivity contribution in [1.29, 1.82) is 0 Å². The molecule has 2 aromatic carbocycles. The standard InChI is InChI=1S/C21H20N4O3/c26-19(12-15-13-22-18-5-2-1-4-17(15)18)23-24-21(28)14-7-9-16(10-8-14)25-11-3-6-20(25)27/h1-2,4-5,7-10,13,22H,3,6,11-12H2,(H,23,26)(H,24,28). The quantitative estimate of drug-likeness (QED) is 0.610. The van der Waals surface area contributed by atoms with E-state index in [9.17, 15) is 14.4 Å². The van der Waals surface area contributed by atoms with Crippen LogP contribution < -0.4 is 15.8 Å². The molecule has 142 valence electrons. The molecule has 2 heterocycles. The number of benzene rings is 2. The molecule has 28 heavy (non-hydrogen) atoms. The average molecular weight is 376 g/mol. The number of hydrogen-bond acceptors (Lipinski definition) is 3. The number of para-hydroxylation sites is 1. The number of carbonyl (C=O) groups is 3. The van der Waals surface area contributed by atoms with Crippen molar-refractivity contribution in [1.82, 2.24) is 15.8 Å². The maximum absolute atomic E-state index is 12.2. The summed E-state index contributed by atoms with van der Waals surface area (Å²) in [6.07, 6.45) is 3.36. The maximum atomic E-state index is 12.2. The van der Waals surface area contributed by atoms with Crippen molar-refractivity contribution in [3.63, 3.8) is 0 Å². The largest absolute Gasteiger partial charge is 0.361 e. The van der Waals surface area contributed by atoms with Crippen molar-refractivity contribution in [3.8, 4) is 0 Å². The van der Waals surface area contributed by atoms with E-state index in [4.69, 9.17) is 0 Å². The van der Waals surface area contributed by atoms with Gasteiger partial charge in [0.15, 0.2) is 0 Å². The summed E-state index contributed by atoms with van der Waals surface area (Å²) in [6.45, 7) is 0.703. The zero-order valence-electron chi connectivity index (χ0n) is 15.2. The first-order valence-electron chi connectivity index (χ1n) is 9.16. The Morgan fingerprint density at radius 1 is 1.04 bits per heavy atom. The van der Waals surface area contributed by atoms with Gasteiger partial charge in [0.2, 0.25) is 11.8 Å². The minimum atomic E-state index is -0.411. The van der Waals surface area contributed by atoms with E-state index in [1.54, 1.807) is 35.4 Å². The lowest BCUT2D eigenvalue weighted by Gasteiger charge is -2.15. The predicted molar refractivity (Wildman–Crippen MR) is 106 cm³/mol. The van der Waals surface area contributed by atoms with Gasteiger partial charge in [-0.2, -0.15) is 0 Å². The lowest BCUT2D eigenvalue weighted by Crippen LogP contribution is -2.42. The highest BCUT2D eigenvalue weighted by Gasteiger charge is 2.21. The molecule has 3 aromatic rings. The maximum Gasteiger partial charge on any atom is 0.269 e. The molecular formula is C21H20N4O3. The average Bonchev–Trinajstić information content (AvgIpc) is 3.33. The second-order valence-electron chi connectivity index (χ2n) is 6.73. The predicted octanol–water partition coefficient (Wildman–Crippen LogP) is 2.30. The summed E-state index contributed by atoms with van der Waals surface area (Å²) in [5, 5.41) is 0.982. The molecule has 0 spiro atoms. The number of fused-ring (bicyclic) bond motifs is 1. The number of hydrogen-bond donors (Lipinski definition) is 3. The normalized spacial score (nSPS) is 13.7. The smallest absolute Gasteiger partial charge is 0.269 e. The first-order chi connectivity index (χ1) is 13.6. The summed E-state index contributed by atoms with van der Waals surface area (Å²) in [6, 6.07) is 14.5.